The Morgan fingerprint density at radius 3 is 2.47 bits per heavy atom. The van der Waals surface area contributed by atoms with Crippen LogP contribution in [0.4, 0.5) is 0 Å². The lowest BCUT2D eigenvalue weighted by atomic mass is 9.93. The van der Waals surface area contributed by atoms with Gasteiger partial charge >= 0.3 is 0 Å². The summed E-state index contributed by atoms with van der Waals surface area (Å²) in [5.41, 5.74) is 1.01. The molecule has 1 aromatic rings. The van der Waals surface area contributed by atoms with Crippen molar-refractivity contribution in [1.29, 1.82) is 0 Å². The Hall–Kier alpha value is -1.06. The van der Waals surface area contributed by atoms with E-state index in [1.807, 2.05) is 26.0 Å². The highest BCUT2D eigenvalue weighted by atomic mass is 16.5. The Labute approximate surface area is 117 Å². The predicted octanol–water partition coefficient (Wildman–Crippen LogP) is 3.11. The minimum atomic E-state index is -0.172. The molecular weight excluding hydrogens is 238 g/mol. The zero-order valence-electron chi connectivity index (χ0n) is 12.6. The summed E-state index contributed by atoms with van der Waals surface area (Å²) in [5.74, 6) is 0.900. The van der Waals surface area contributed by atoms with Crippen LogP contribution in [0.3, 0.4) is 0 Å². The van der Waals surface area contributed by atoms with Gasteiger partial charge in [0.1, 0.15) is 5.75 Å². The maximum atomic E-state index is 9.54. The van der Waals surface area contributed by atoms with Crippen LogP contribution in [-0.2, 0) is 6.54 Å². The SMILES string of the molecule is CCC(CC)(CO)NCc1cccc(OC(C)C)c1. The Morgan fingerprint density at radius 1 is 1.26 bits per heavy atom. The van der Waals surface area contributed by atoms with Crippen LogP contribution < -0.4 is 10.1 Å². The van der Waals surface area contributed by atoms with Gasteiger partial charge in [-0.05, 0) is 44.4 Å². The lowest BCUT2D eigenvalue weighted by molar-refractivity contribution is 0.149. The van der Waals surface area contributed by atoms with Gasteiger partial charge in [0, 0.05) is 12.1 Å². The predicted molar refractivity (Wildman–Crippen MR) is 79.4 cm³/mol. The molecule has 0 radical (unpaired) electrons. The Kier molecular flexibility index (Phi) is 6.32. The van der Waals surface area contributed by atoms with Crippen molar-refractivity contribution in [2.75, 3.05) is 6.61 Å². The summed E-state index contributed by atoms with van der Waals surface area (Å²) < 4.78 is 5.69. The van der Waals surface area contributed by atoms with Crippen LogP contribution in [0.25, 0.3) is 0 Å². The summed E-state index contributed by atoms with van der Waals surface area (Å²) in [4.78, 5) is 0. The molecule has 3 heteroatoms. The molecule has 0 fully saturated rings. The fourth-order valence-electron chi connectivity index (χ4n) is 2.07. The smallest absolute Gasteiger partial charge is 0.120 e. The molecular formula is C16H27NO2. The molecule has 0 amide bonds. The maximum absolute atomic E-state index is 9.54. The normalized spacial score (nSPS) is 11.9. The molecule has 0 bridgehead atoms. The van der Waals surface area contributed by atoms with E-state index in [4.69, 9.17) is 4.74 Å². The monoisotopic (exact) mass is 265 g/mol. The third-order valence-electron chi connectivity index (χ3n) is 3.59. The van der Waals surface area contributed by atoms with Crippen LogP contribution >= 0.6 is 0 Å². The largest absolute Gasteiger partial charge is 0.491 e. The van der Waals surface area contributed by atoms with Gasteiger partial charge in [-0.3, -0.25) is 0 Å². The third-order valence-corrected chi connectivity index (χ3v) is 3.59. The molecule has 0 saturated carbocycles. The number of hydrogen-bond donors (Lipinski definition) is 2. The van der Waals surface area contributed by atoms with Gasteiger partial charge in [-0.15, -0.1) is 0 Å². The second-order valence-corrected chi connectivity index (χ2v) is 5.31. The minimum Gasteiger partial charge on any atom is -0.491 e. The van der Waals surface area contributed by atoms with Crippen LogP contribution in [0, 0.1) is 0 Å². The fraction of sp³-hybridized carbons (Fsp3) is 0.625. The first-order valence-electron chi connectivity index (χ1n) is 7.16. The van der Waals surface area contributed by atoms with Crippen molar-refractivity contribution in [3.63, 3.8) is 0 Å². The minimum absolute atomic E-state index is 0.169. The molecule has 0 aromatic heterocycles. The molecule has 0 saturated heterocycles. The molecule has 0 heterocycles. The standard InChI is InChI=1S/C16H27NO2/c1-5-16(6-2,12-18)17-11-14-8-7-9-15(10-14)19-13(3)4/h7-10,13,17-18H,5-6,11-12H2,1-4H3. The molecule has 1 aromatic carbocycles. The van der Waals surface area contributed by atoms with Crippen LogP contribution in [0.1, 0.15) is 46.1 Å². The van der Waals surface area contributed by atoms with Gasteiger partial charge < -0.3 is 15.2 Å². The Morgan fingerprint density at radius 2 is 1.95 bits per heavy atom. The molecule has 0 aliphatic carbocycles. The van der Waals surface area contributed by atoms with Gasteiger partial charge in [0.05, 0.1) is 12.7 Å². The van der Waals surface area contributed by atoms with Crippen molar-refractivity contribution >= 4 is 0 Å². The van der Waals surface area contributed by atoms with Crippen molar-refractivity contribution in [3.05, 3.63) is 29.8 Å². The number of nitrogens with one attached hydrogen (secondary N) is 1. The molecule has 0 unspecified atom stereocenters. The van der Waals surface area contributed by atoms with Crippen molar-refractivity contribution in [2.24, 2.45) is 0 Å². The van der Waals surface area contributed by atoms with Gasteiger partial charge in [0.15, 0.2) is 0 Å². The van der Waals surface area contributed by atoms with E-state index < -0.39 is 0 Å². The Bertz CT molecular complexity index is 365. The lowest BCUT2D eigenvalue weighted by Crippen LogP contribution is -2.47. The molecule has 2 N–H and O–H groups in total. The topological polar surface area (TPSA) is 41.5 Å². The number of benzene rings is 1. The highest BCUT2D eigenvalue weighted by Gasteiger charge is 2.23. The molecule has 0 aliphatic rings. The van der Waals surface area contributed by atoms with Gasteiger partial charge in [-0.1, -0.05) is 26.0 Å². The molecule has 19 heavy (non-hydrogen) atoms. The van der Waals surface area contributed by atoms with E-state index in [-0.39, 0.29) is 18.2 Å². The van der Waals surface area contributed by atoms with Crippen LogP contribution in [0.15, 0.2) is 24.3 Å². The third kappa shape index (κ3) is 4.84. The number of hydrogen-bond acceptors (Lipinski definition) is 3. The van der Waals surface area contributed by atoms with E-state index in [9.17, 15) is 5.11 Å². The zero-order valence-corrected chi connectivity index (χ0v) is 12.6. The average molecular weight is 265 g/mol. The molecule has 0 aliphatic heterocycles. The zero-order chi connectivity index (χ0) is 14.3. The summed E-state index contributed by atoms with van der Waals surface area (Å²) >= 11 is 0. The van der Waals surface area contributed by atoms with Crippen molar-refractivity contribution in [3.8, 4) is 5.75 Å². The fourth-order valence-corrected chi connectivity index (χ4v) is 2.07. The first-order chi connectivity index (χ1) is 9.05. The summed E-state index contributed by atoms with van der Waals surface area (Å²) in [6.45, 7) is 9.17. The number of rotatable bonds is 8. The van der Waals surface area contributed by atoms with Gasteiger partial charge in [0.25, 0.3) is 0 Å². The number of aliphatic hydroxyl groups is 1. The number of aliphatic hydroxyl groups excluding tert-OH is 1. The van der Waals surface area contributed by atoms with Crippen molar-refractivity contribution in [2.45, 2.75) is 58.7 Å². The van der Waals surface area contributed by atoms with E-state index in [0.29, 0.717) is 0 Å². The summed E-state index contributed by atoms with van der Waals surface area (Å²) in [6, 6.07) is 8.11. The van der Waals surface area contributed by atoms with E-state index >= 15 is 0 Å². The quantitative estimate of drug-likeness (QED) is 0.759. The Balaban J connectivity index is 2.66. The van der Waals surface area contributed by atoms with Crippen LogP contribution in [0.2, 0.25) is 0 Å². The van der Waals surface area contributed by atoms with E-state index in [2.05, 4.69) is 31.3 Å². The van der Waals surface area contributed by atoms with E-state index in [0.717, 1.165) is 25.1 Å². The summed E-state index contributed by atoms with van der Waals surface area (Å²) in [6.07, 6.45) is 2.02. The van der Waals surface area contributed by atoms with Gasteiger partial charge in [0.2, 0.25) is 0 Å². The first kappa shape index (κ1) is 16.0. The van der Waals surface area contributed by atoms with Crippen molar-refractivity contribution in [1.82, 2.24) is 5.32 Å². The van der Waals surface area contributed by atoms with Crippen molar-refractivity contribution < 1.29 is 9.84 Å². The van der Waals surface area contributed by atoms with E-state index in [1.54, 1.807) is 0 Å². The molecule has 3 nitrogen and oxygen atoms in total. The highest BCUT2D eigenvalue weighted by Crippen LogP contribution is 2.18. The highest BCUT2D eigenvalue weighted by molar-refractivity contribution is 5.28. The molecule has 0 atom stereocenters. The second kappa shape index (κ2) is 7.51. The van der Waals surface area contributed by atoms with Crippen LogP contribution in [-0.4, -0.2) is 23.4 Å². The average Bonchev–Trinajstić information content (AvgIpc) is 2.41. The first-order valence-corrected chi connectivity index (χ1v) is 7.16. The molecule has 0 spiro atoms. The van der Waals surface area contributed by atoms with Crippen LogP contribution in [0.5, 0.6) is 5.75 Å². The molecule has 108 valence electrons. The van der Waals surface area contributed by atoms with E-state index in [1.165, 1.54) is 5.56 Å². The van der Waals surface area contributed by atoms with Gasteiger partial charge in [-0.2, -0.15) is 0 Å². The maximum Gasteiger partial charge on any atom is 0.120 e. The molecule has 1 rings (SSSR count). The van der Waals surface area contributed by atoms with Gasteiger partial charge in [-0.25, -0.2) is 0 Å². The lowest BCUT2D eigenvalue weighted by Gasteiger charge is -2.31. The number of ether oxygens (including phenoxy) is 1. The second-order valence-electron chi connectivity index (χ2n) is 5.31. The summed E-state index contributed by atoms with van der Waals surface area (Å²) in [7, 11) is 0. The summed E-state index contributed by atoms with van der Waals surface area (Å²) in [5, 5.41) is 13.0.